The van der Waals surface area contributed by atoms with Gasteiger partial charge in [0.1, 0.15) is 5.75 Å². The molecule has 106 valence electrons. The summed E-state index contributed by atoms with van der Waals surface area (Å²) >= 11 is 0. The van der Waals surface area contributed by atoms with Gasteiger partial charge in [0.2, 0.25) is 0 Å². The van der Waals surface area contributed by atoms with Crippen molar-refractivity contribution in [3.05, 3.63) is 65.2 Å². The van der Waals surface area contributed by atoms with E-state index in [1.807, 2.05) is 7.05 Å². The fraction of sp³-hybridized carbons (Fsp3) is 0.333. The summed E-state index contributed by atoms with van der Waals surface area (Å²) in [4.78, 5) is 0. The molecule has 0 aliphatic carbocycles. The molecule has 2 nitrogen and oxygen atoms in total. The van der Waals surface area contributed by atoms with Gasteiger partial charge in [0, 0.05) is 12.5 Å². The van der Waals surface area contributed by atoms with E-state index < -0.39 is 0 Å². The first-order chi connectivity index (χ1) is 9.74. The first kappa shape index (κ1) is 14.6. The molecule has 0 saturated carbocycles. The van der Waals surface area contributed by atoms with Crippen LogP contribution < -0.4 is 10.1 Å². The summed E-state index contributed by atoms with van der Waals surface area (Å²) in [6.07, 6.45) is 0.982. The number of ether oxygens (including phenoxy) is 1. The first-order valence-corrected chi connectivity index (χ1v) is 7.07. The minimum absolute atomic E-state index is 0.455. The third kappa shape index (κ3) is 3.61. The van der Waals surface area contributed by atoms with E-state index in [2.05, 4.69) is 60.8 Å². The summed E-state index contributed by atoms with van der Waals surface area (Å²) < 4.78 is 5.49. The van der Waals surface area contributed by atoms with Gasteiger partial charge >= 0.3 is 0 Å². The lowest BCUT2D eigenvalue weighted by atomic mass is 9.91. The van der Waals surface area contributed by atoms with Crippen molar-refractivity contribution < 1.29 is 4.74 Å². The van der Waals surface area contributed by atoms with Gasteiger partial charge in [0.25, 0.3) is 0 Å². The topological polar surface area (TPSA) is 21.3 Å². The Hall–Kier alpha value is -1.80. The third-order valence-corrected chi connectivity index (χ3v) is 3.62. The van der Waals surface area contributed by atoms with E-state index in [1.54, 1.807) is 7.11 Å². The highest BCUT2D eigenvalue weighted by molar-refractivity contribution is 5.38. The molecule has 0 bridgehead atoms. The smallest absolute Gasteiger partial charge is 0.122 e. The number of likely N-dealkylation sites (N-methyl/N-ethyl adjacent to an activating group) is 1. The Morgan fingerprint density at radius 1 is 1.10 bits per heavy atom. The normalized spacial score (nSPS) is 12.2. The highest BCUT2D eigenvalue weighted by atomic mass is 16.5. The number of hydrogen-bond acceptors (Lipinski definition) is 2. The number of nitrogens with one attached hydrogen (secondary N) is 1. The van der Waals surface area contributed by atoms with Gasteiger partial charge in [0.05, 0.1) is 7.11 Å². The van der Waals surface area contributed by atoms with Gasteiger partial charge in [-0.25, -0.2) is 0 Å². The van der Waals surface area contributed by atoms with Gasteiger partial charge in [-0.05, 0) is 37.6 Å². The van der Waals surface area contributed by atoms with E-state index in [1.165, 1.54) is 16.7 Å². The number of rotatable bonds is 6. The van der Waals surface area contributed by atoms with E-state index in [-0.39, 0.29) is 0 Å². The molecule has 0 aliphatic heterocycles. The van der Waals surface area contributed by atoms with Crippen molar-refractivity contribution in [3.8, 4) is 5.75 Å². The molecule has 0 aromatic heterocycles. The van der Waals surface area contributed by atoms with Crippen LogP contribution in [-0.4, -0.2) is 20.7 Å². The molecule has 0 saturated heterocycles. The molecule has 0 aliphatic rings. The maximum Gasteiger partial charge on any atom is 0.122 e. The maximum absolute atomic E-state index is 5.49. The molecular weight excluding hydrogens is 246 g/mol. The van der Waals surface area contributed by atoms with E-state index in [0.29, 0.717) is 5.92 Å². The quantitative estimate of drug-likeness (QED) is 0.866. The van der Waals surface area contributed by atoms with E-state index in [0.717, 1.165) is 18.7 Å². The summed E-state index contributed by atoms with van der Waals surface area (Å²) in [6.45, 7) is 3.08. The summed E-state index contributed by atoms with van der Waals surface area (Å²) in [5.41, 5.74) is 3.92. The Kier molecular flexibility index (Phi) is 5.19. The Labute approximate surface area is 121 Å². The molecule has 0 amide bonds. The second kappa shape index (κ2) is 7.11. The minimum atomic E-state index is 0.455. The summed E-state index contributed by atoms with van der Waals surface area (Å²) in [5.74, 6) is 1.43. The average molecular weight is 269 g/mol. The SMILES string of the molecule is CNCC(Cc1cc(C)ccc1OC)c1ccccc1. The molecule has 0 radical (unpaired) electrons. The van der Waals surface area contributed by atoms with Crippen LogP contribution in [0.2, 0.25) is 0 Å². The molecule has 2 rings (SSSR count). The van der Waals surface area contributed by atoms with Crippen LogP contribution in [0.5, 0.6) is 5.75 Å². The largest absolute Gasteiger partial charge is 0.496 e. The van der Waals surface area contributed by atoms with E-state index in [4.69, 9.17) is 4.74 Å². The molecule has 0 fully saturated rings. The fourth-order valence-corrected chi connectivity index (χ4v) is 2.61. The molecule has 1 atom stereocenters. The van der Waals surface area contributed by atoms with Crippen molar-refractivity contribution in [3.63, 3.8) is 0 Å². The summed E-state index contributed by atoms with van der Waals surface area (Å²) in [6, 6.07) is 17.0. The molecule has 2 aromatic rings. The van der Waals surface area contributed by atoms with E-state index >= 15 is 0 Å². The van der Waals surface area contributed by atoms with Crippen molar-refractivity contribution in [1.29, 1.82) is 0 Å². The molecule has 0 heterocycles. The zero-order valence-corrected chi connectivity index (χ0v) is 12.5. The Morgan fingerprint density at radius 3 is 2.50 bits per heavy atom. The second-order valence-electron chi connectivity index (χ2n) is 5.18. The molecule has 0 spiro atoms. The zero-order chi connectivity index (χ0) is 14.4. The Balaban J connectivity index is 2.26. The van der Waals surface area contributed by atoms with Crippen molar-refractivity contribution in [1.82, 2.24) is 5.32 Å². The predicted octanol–water partition coefficient (Wildman–Crippen LogP) is 3.55. The lowest BCUT2D eigenvalue weighted by molar-refractivity contribution is 0.407. The number of methoxy groups -OCH3 is 1. The lowest BCUT2D eigenvalue weighted by Gasteiger charge is -2.19. The van der Waals surface area contributed by atoms with Crippen LogP contribution in [0.25, 0.3) is 0 Å². The van der Waals surface area contributed by atoms with Gasteiger partial charge in [0.15, 0.2) is 0 Å². The Bertz CT molecular complexity index is 536. The predicted molar refractivity (Wildman–Crippen MR) is 84.5 cm³/mol. The molecule has 1 N–H and O–H groups in total. The molecule has 20 heavy (non-hydrogen) atoms. The second-order valence-corrected chi connectivity index (χ2v) is 5.18. The van der Waals surface area contributed by atoms with Crippen molar-refractivity contribution in [2.45, 2.75) is 19.3 Å². The van der Waals surface area contributed by atoms with Crippen LogP contribution in [0.3, 0.4) is 0 Å². The third-order valence-electron chi connectivity index (χ3n) is 3.62. The number of aryl methyl sites for hydroxylation is 1. The molecule has 2 aromatic carbocycles. The van der Waals surface area contributed by atoms with Crippen LogP contribution in [0.4, 0.5) is 0 Å². The molecule has 1 unspecified atom stereocenters. The first-order valence-electron chi connectivity index (χ1n) is 7.07. The monoisotopic (exact) mass is 269 g/mol. The summed E-state index contributed by atoms with van der Waals surface area (Å²) in [5, 5.41) is 3.30. The van der Waals surface area contributed by atoms with E-state index in [9.17, 15) is 0 Å². The van der Waals surface area contributed by atoms with Crippen LogP contribution in [0.1, 0.15) is 22.6 Å². The highest BCUT2D eigenvalue weighted by Crippen LogP contribution is 2.27. The van der Waals surface area contributed by atoms with Crippen molar-refractivity contribution in [2.24, 2.45) is 0 Å². The van der Waals surface area contributed by atoms with Gasteiger partial charge < -0.3 is 10.1 Å². The zero-order valence-electron chi connectivity index (χ0n) is 12.5. The van der Waals surface area contributed by atoms with Crippen LogP contribution in [0.15, 0.2) is 48.5 Å². The standard InChI is InChI=1S/C18H23NO/c1-14-9-10-18(20-3)16(11-14)12-17(13-19-2)15-7-5-4-6-8-15/h4-11,17,19H,12-13H2,1-3H3. The lowest BCUT2D eigenvalue weighted by Crippen LogP contribution is -2.19. The van der Waals surface area contributed by atoms with Crippen LogP contribution in [0, 0.1) is 6.92 Å². The highest BCUT2D eigenvalue weighted by Gasteiger charge is 2.14. The number of hydrogen-bond donors (Lipinski definition) is 1. The van der Waals surface area contributed by atoms with Crippen LogP contribution in [-0.2, 0) is 6.42 Å². The van der Waals surface area contributed by atoms with Gasteiger partial charge in [-0.2, -0.15) is 0 Å². The Morgan fingerprint density at radius 2 is 1.85 bits per heavy atom. The van der Waals surface area contributed by atoms with Crippen LogP contribution >= 0.6 is 0 Å². The maximum atomic E-state index is 5.49. The van der Waals surface area contributed by atoms with Crippen molar-refractivity contribution >= 4 is 0 Å². The average Bonchev–Trinajstić information content (AvgIpc) is 2.48. The molecular formula is C18H23NO. The van der Waals surface area contributed by atoms with Gasteiger partial charge in [-0.3, -0.25) is 0 Å². The van der Waals surface area contributed by atoms with Gasteiger partial charge in [-0.1, -0.05) is 48.0 Å². The van der Waals surface area contributed by atoms with Gasteiger partial charge in [-0.15, -0.1) is 0 Å². The minimum Gasteiger partial charge on any atom is -0.496 e. The van der Waals surface area contributed by atoms with Crippen molar-refractivity contribution in [2.75, 3.05) is 20.7 Å². The number of benzene rings is 2. The fourth-order valence-electron chi connectivity index (χ4n) is 2.61. The summed E-state index contributed by atoms with van der Waals surface area (Å²) in [7, 11) is 3.74. The molecule has 2 heteroatoms.